The summed E-state index contributed by atoms with van der Waals surface area (Å²) in [5, 5.41) is 8.39. The predicted molar refractivity (Wildman–Crippen MR) is 111 cm³/mol. The van der Waals surface area contributed by atoms with Gasteiger partial charge in [0.25, 0.3) is 0 Å². The van der Waals surface area contributed by atoms with Gasteiger partial charge in [0.05, 0.1) is 12.8 Å². The highest BCUT2D eigenvalue weighted by Crippen LogP contribution is 2.33. The van der Waals surface area contributed by atoms with Gasteiger partial charge in [-0.15, -0.1) is 0 Å². The monoisotopic (exact) mass is 374 g/mol. The largest absolute Gasteiger partial charge is 0.497 e. The number of benzene rings is 1. The third-order valence-corrected chi connectivity index (χ3v) is 5.40. The van der Waals surface area contributed by atoms with Crippen molar-refractivity contribution >= 4 is 0 Å². The van der Waals surface area contributed by atoms with E-state index in [0.717, 1.165) is 30.2 Å². The SMILES string of the molecule is COc1ccc(CN[C@@H]2C=C[C@@H](c3c(C)nn(-c4ccccn4)c3C)C2)cc1. The van der Waals surface area contributed by atoms with E-state index in [1.807, 2.05) is 35.0 Å². The molecule has 1 aliphatic carbocycles. The summed E-state index contributed by atoms with van der Waals surface area (Å²) in [5.41, 5.74) is 4.82. The van der Waals surface area contributed by atoms with Gasteiger partial charge in [-0.05, 0) is 50.1 Å². The van der Waals surface area contributed by atoms with Crippen molar-refractivity contribution in [3.63, 3.8) is 0 Å². The molecule has 28 heavy (non-hydrogen) atoms. The number of hydrogen-bond donors (Lipinski definition) is 1. The molecule has 0 aliphatic heterocycles. The maximum absolute atomic E-state index is 5.22. The number of aromatic nitrogens is 3. The molecule has 4 rings (SSSR count). The molecular weight excluding hydrogens is 348 g/mol. The molecule has 1 aromatic carbocycles. The van der Waals surface area contributed by atoms with Crippen molar-refractivity contribution in [2.45, 2.75) is 38.8 Å². The Morgan fingerprint density at radius 3 is 2.64 bits per heavy atom. The van der Waals surface area contributed by atoms with Gasteiger partial charge in [-0.1, -0.05) is 30.4 Å². The lowest BCUT2D eigenvalue weighted by Gasteiger charge is -2.15. The molecule has 0 bridgehead atoms. The molecule has 5 nitrogen and oxygen atoms in total. The molecule has 0 radical (unpaired) electrons. The third-order valence-electron chi connectivity index (χ3n) is 5.40. The molecule has 2 aromatic heterocycles. The van der Waals surface area contributed by atoms with Crippen LogP contribution in [0.5, 0.6) is 5.75 Å². The zero-order valence-electron chi connectivity index (χ0n) is 16.6. The molecule has 0 spiro atoms. The highest BCUT2D eigenvalue weighted by Gasteiger charge is 2.26. The maximum Gasteiger partial charge on any atom is 0.153 e. The molecule has 2 heterocycles. The zero-order chi connectivity index (χ0) is 19.5. The van der Waals surface area contributed by atoms with Crippen LogP contribution in [0.4, 0.5) is 0 Å². The molecule has 0 saturated heterocycles. The Bertz CT molecular complexity index is 960. The lowest BCUT2D eigenvalue weighted by molar-refractivity contribution is 0.414. The number of nitrogens with one attached hydrogen (secondary N) is 1. The number of pyridine rings is 1. The van der Waals surface area contributed by atoms with E-state index in [9.17, 15) is 0 Å². The second-order valence-electron chi connectivity index (χ2n) is 7.25. The topological polar surface area (TPSA) is 52.0 Å². The minimum atomic E-state index is 0.365. The lowest BCUT2D eigenvalue weighted by Crippen LogP contribution is -2.25. The molecule has 0 amide bonds. The van der Waals surface area contributed by atoms with E-state index in [1.54, 1.807) is 13.3 Å². The van der Waals surface area contributed by atoms with Crippen LogP contribution in [0.15, 0.2) is 60.8 Å². The molecule has 1 aliphatic rings. The van der Waals surface area contributed by atoms with Crippen LogP contribution in [-0.4, -0.2) is 27.9 Å². The Morgan fingerprint density at radius 1 is 1.11 bits per heavy atom. The molecule has 0 fully saturated rings. The highest BCUT2D eigenvalue weighted by molar-refractivity contribution is 5.38. The first kappa shape index (κ1) is 18.4. The third kappa shape index (κ3) is 3.71. The van der Waals surface area contributed by atoms with Gasteiger partial charge in [-0.3, -0.25) is 0 Å². The van der Waals surface area contributed by atoms with E-state index >= 15 is 0 Å². The minimum Gasteiger partial charge on any atom is -0.497 e. The first-order valence-corrected chi connectivity index (χ1v) is 9.68. The molecule has 2 atom stereocenters. The number of nitrogens with zero attached hydrogens (tertiary/aromatic N) is 3. The summed E-state index contributed by atoms with van der Waals surface area (Å²) in [6.07, 6.45) is 7.45. The van der Waals surface area contributed by atoms with Crippen molar-refractivity contribution < 1.29 is 4.74 Å². The Hall–Kier alpha value is -2.92. The van der Waals surface area contributed by atoms with Crippen molar-refractivity contribution in [3.05, 3.63) is 83.3 Å². The van der Waals surface area contributed by atoms with Crippen LogP contribution in [0.2, 0.25) is 0 Å². The summed E-state index contributed by atoms with van der Waals surface area (Å²) >= 11 is 0. The molecule has 1 N–H and O–H groups in total. The van der Waals surface area contributed by atoms with Gasteiger partial charge in [0.1, 0.15) is 5.75 Å². The second-order valence-corrected chi connectivity index (χ2v) is 7.25. The number of rotatable bonds is 6. The first-order chi connectivity index (χ1) is 13.7. The fraction of sp³-hybridized carbons (Fsp3) is 0.304. The molecule has 0 saturated carbocycles. The van der Waals surface area contributed by atoms with Crippen LogP contribution >= 0.6 is 0 Å². The molecule has 3 aromatic rings. The zero-order valence-corrected chi connectivity index (χ0v) is 16.6. The first-order valence-electron chi connectivity index (χ1n) is 9.68. The summed E-state index contributed by atoms with van der Waals surface area (Å²) in [6.45, 7) is 5.07. The lowest BCUT2D eigenvalue weighted by atomic mass is 9.96. The van der Waals surface area contributed by atoms with Crippen LogP contribution < -0.4 is 10.1 Å². The van der Waals surface area contributed by atoms with E-state index in [-0.39, 0.29) is 0 Å². The number of aryl methyl sites for hydroxylation is 1. The van der Waals surface area contributed by atoms with Crippen molar-refractivity contribution in [2.75, 3.05) is 7.11 Å². The Kier molecular flexibility index (Phi) is 5.26. The normalized spacial score (nSPS) is 18.5. The summed E-state index contributed by atoms with van der Waals surface area (Å²) in [6, 6.07) is 14.5. The summed E-state index contributed by atoms with van der Waals surface area (Å²) in [5.74, 6) is 2.14. The quantitative estimate of drug-likeness (QED) is 0.660. The number of allylic oxidation sites excluding steroid dienone is 1. The van der Waals surface area contributed by atoms with Crippen LogP contribution in [0.3, 0.4) is 0 Å². The highest BCUT2D eigenvalue weighted by atomic mass is 16.5. The average molecular weight is 374 g/mol. The Morgan fingerprint density at radius 2 is 1.93 bits per heavy atom. The summed E-state index contributed by atoms with van der Waals surface area (Å²) in [7, 11) is 1.69. The fourth-order valence-electron chi connectivity index (χ4n) is 3.95. The van der Waals surface area contributed by atoms with Gasteiger partial charge < -0.3 is 10.1 Å². The minimum absolute atomic E-state index is 0.365. The van der Waals surface area contributed by atoms with Crippen molar-refractivity contribution in [2.24, 2.45) is 0 Å². The summed E-state index contributed by atoms with van der Waals surface area (Å²) < 4.78 is 7.18. The van der Waals surface area contributed by atoms with Gasteiger partial charge in [-0.2, -0.15) is 5.10 Å². The van der Waals surface area contributed by atoms with E-state index in [2.05, 4.69) is 48.4 Å². The van der Waals surface area contributed by atoms with Gasteiger partial charge >= 0.3 is 0 Å². The predicted octanol–water partition coefficient (Wildman–Crippen LogP) is 4.09. The van der Waals surface area contributed by atoms with Crippen LogP contribution in [0.1, 0.15) is 34.9 Å². The van der Waals surface area contributed by atoms with Gasteiger partial charge in [0.15, 0.2) is 5.82 Å². The van der Waals surface area contributed by atoms with Crippen molar-refractivity contribution in [1.29, 1.82) is 0 Å². The van der Waals surface area contributed by atoms with Crippen LogP contribution in [0.25, 0.3) is 5.82 Å². The Balaban J connectivity index is 1.43. The van der Waals surface area contributed by atoms with Gasteiger partial charge in [0.2, 0.25) is 0 Å². The van der Waals surface area contributed by atoms with E-state index < -0.39 is 0 Å². The standard InChI is InChI=1S/C23H26N4O/c1-16-23(17(2)27(26-16)22-6-4-5-13-24-22)19-9-10-20(14-19)25-15-18-7-11-21(28-3)12-8-18/h4-13,19-20,25H,14-15H2,1-3H3/t19-,20-/m1/s1. The second kappa shape index (κ2) is 7.98. The molecular formula is C23H26N4O. The average Bonchev–Trinajstić information content (AvgIpc) is 3.31. The summed E-state index contributed by atoms with van der Waals surface area (Å²) in [4.78, 5) is 4.44. The number of hydrogen-bond acceptors (Lipinski definition) is 4. The fourth-order valence-corrected chi connectivity index (χ4v) is 3.95. The molecule has 144 valence electrons. The maximum atomic E-state index is 5.22. The van der Waals surface area contributed by atoms with Gasteiger partial charge in [-0.25, -0.2) is 9.67 Å². The van der Waals surface area contributed by atoms with E-state index in [4.69, 9.17) is 9.84 Å². The van der Waals surface area contributed by atoms with E-state index in [1.165, 1.54) is 16.8 Å². The smallest absolute Gasteiger partial charge is 0.153 e. The van der Waals surface area contributed by atoms with Crippen molar-refractivity contribution in [3.8, 4) is 11.6 Å². The van der Waals surface area contributed by atoms with Gasteiger partial charge in [0, 0.05) is 36.0 Å². The van der Waals surface area contributed by atoms with Crippen molar-refractivity contribution in [1.82, 2.24) is 20.1 Å². The Labute approximate surface area is 166 Å². The molecule has 5 heteroatoms. The van der Waals surface area contributed by atoms with Crippen LogP contribution in [-0.2, 0) is 6.54 Å². The number of ether oxygens (including phenoxy) is 1. The van der Waals surface area contributed by atoms with Crippen LogP contribution in [0, 0.1) is 13.8 Å². The van der Waals surface area contributed by atoms with E-state index in [0.29, 0.717) is 12.0 Å². The molecule has 0 unspecified atom stereocenters. The number of methoxy groups -OCH3 is 1.